The second-order valence-corrected chi connectivity index (χ2v) is 6.87. The van der Waals surface area contributed by atoms with Crippen molar-refractivity contribution < 1.29 is 4.79 Å². The SMILES string of the molecule is CCCC(N)C(=O)N1CCN(CCC(C)(C)C)CC1. The fourth-order valence-electron chi connectivity index (χ4n) is 2.35. The van der Waals surface area contributed by atoms with E-state index in [1.165, 1.54) is 6.42 Å². The van der Waals surface area contributed by atoms with Gasteiger partial charge in [0.15, 0.2) is 0 Å². The van der Waals surface area contributed by atoms with Gasteiger partial charge in [0.25, 0.3) is 0 Å². The van der Waals surface area contributed by atoms with E-state index in [4.69, 9.17) is 5.73 Å². The summed E-state index contributed by atoms with van der Waals surface area (Å²) in [6.45, 7) is 13.7. The Labute approximate surface area is 118 Å². The number of piperazine rings is 1. The highest BCUT2D eigenvalue weighted by Crippen LogP contribution is 2.19. The molecule has 1 atom stereocenters. The molecule has 1 unspecified atom stereocenters. The molecule has 0 saturated carbocycles. The Balaban J connectivity index is 2.30. The fraction of sp³-hybridized carbons (Fsp3) is 0.933. The molecule has 0 aromatic carbocycles. The van der Waals surface area contributed by atoms with Gasteiger partial charge in [-0.05, 0) is 24.8 Å². The van der Waals surface area contributed by atoms with Gasteiger partial charge in [-0.2, -0.15) is 0 Å². The molecule has 1 rings (SSSR count). The summed E-state index contributed by atoms with van der Waals surface area (Å²) in [7, 11) is 0. The Morgan fingerprint density at radius 3 is 2.26 bits per heavy atom. The standard InChI is InChI=1S/C15H31N3O/c1-5-6-13(16)14(19)18-11-9-17(10-12-18)8-7-15(2,3)4/h13H,5-12,16H2,1-4H3. The number of rotatable bonds is 5. The summed E-state index contributed by atoms with van der Waals surface area (Å²) < 4.78 is 0. The topological polar surface area (TPSA) is 49.6 Å². The van der Waals surface area contributed by atoms with Crippen LogP contribution in [0.1, 0.15) is 47.0 Å². The van der Waals surface area contributed by atoms with Crippen LogP contribution in [-0.4, -0.2) is 54.5 Å². The monoisotopic (exact) mass is 269 g/mol. The first kappa shape index (κ1) is 16.4. The van der Waals surface area contributed by atoms with Gasteiger partial charge in [0.2, 0.25) is 5.91 Å². The normalized spacial score (nSPS) is 19.5. The molecular formula is C15H31N3O. The van der Waals surface area contributed by atoms with Crippen LogP contribution in [0.15, 0.2) is 0 Å². The summed E-state index contributed by atoms with van der Waals surface area (Å²) in [4.78, 5) is 16.5. The Hall–Kier alpha value is -0.610. The van der Waals surface area contributed by atoms with Crippen LogP contribution in [0.5, 0.6) is 0 Å². The van der Waals surface area contributed by atoms with Crippen molar-refractivity contribution >= 4 is 5.91 Å². The van der Waals surface area contributed by atoms with Crippen LogP contribution in [0.3, 0.4) is 0 Å². The quantitative estimate of drug-likeness (QED) is 0.826. The molecule has 2 N–H and O–H groups in total. The molecule has 19 heavy (non-hydrogen) atoms. The van der Waals surface area contributed by atoms with Crippen LogP contribution in [0.2, 0.25) is 0 Å². The summed E-state index contributed by atoms with van der Waals surface area (Å²) in [5.41, 5.74) is 6.29. The van der Waals surface area contributed by atoms with Crippen LogP contribution in [0.25, 0.3) is 0 Å². The molecule has 4 heteroatoms. The first-order valence-corrected chi connectivity index (χ1v) is 7.60. The van der Waals surface area contributed by atoms with E-state index in [1.807, 2.05) is 4.90 Å². The van der Waals surface area contributed by atoms with Gasteiger partial charge in [-0.15, -0.1) is 0 Å². The van der Waals surface area contributed by atoms with Crippen LogP contribution in [0.4, 0.5) is 0 Å². The third kappa shape index (κ3) is 5.91. The zero-order chi connectivity index (χ0) is 14.5. The minimum atomic E-state index is -0.300. The van der Waals surface area contributed by atoms with Gasteiger partial charge in [-0.25, -0.2) is 0 Å². The lowest BCUT2D eigenvalue weighted by molar-refractivity contribution is -0.134. The van der Waals surface area contributed by atoms with Crippen molar-refractivity contribution in [2.75, 3.05) is 32.7 Å². The van der Waals surface area contributed by atoms with Crippen LogP contribution in [0, 0.1) is 5.41 Å². The van der Waals surface area contributed by atoms with Gasteiger partial charge in [-0.3, -0.25) is 9.69 Å². The lowest BCUT2D eigenvalue weighted by Crippen LogP contribution is -2.53. The average molecular weight is 269 g/mol. The second-order valence-electron chi connectivity index (χ2n) is 6.87. The zero-order valence-corrected chi connectivity index (χ0v) is 13.1. The minimum Gasteiger partial charge on any atom is -0.339 e. The average Bonchev–Trinajstić information content (AvgIpc) is 2.35. The van der Waals surface area contributed by atoms with E-state index < -0.39 is 0 Å². The number of carbonyl (C=O) groups excluding carboxylic acids is 1. The van der Waals surface area contributed by atoms with E-state index in [0.717, 1.165) is 45.6 Å². The molecule has 1 heterocycles. The summed E-state index contributed by atoms with van der Waals surface area (Å²) in [5, 5.41) is 0. The maximum atomic E-state index is 12.1. The molecule has 0 aromatic rings. The van der Waals surface area contributed by atoms with Gasteiger partial charge in [0.1, 0.15) is 0 Å². The molecule has 0 spiro atoms. The summed E-state index contributed by atoms with van der Waals surface area (Å²) in [5.74, 6) is 0.136. The number of hydrogen-bond donors (Lipinski definition) is 1. The van der Waals surface area contributed by atoms with Crippen LogP contribution >= 0.6 is 0 Å². The molecule has 0 aromatic heterocycles. The molecule has 0 aliphatic carbocycles. The Kier molecular flexibility index (Phi) is 6.27. The van der Waals surface area contributed by atoms with Gasteiger partial charge in [0, 0.05) is 26.2 Å². The zero-order valence-electron chi connectivity index (χ0n) is 13.1. The molecule has 4 nitrogen and oxygen atoms in total. The predicted molar refractivity (Wildman–Crippen MR) is 80.0 cm³/mol. The Bertz CT molecular complexity index is 278. The van der Waals surface area contributed by atoms with E-state index in [2.05, 4.69) is 32.6 Å². The number of nitrogens with two attached hydrogens (primary N) is 1. The minimum absolute atomic E-state index is 0.136. The fourth-order valence-corrected chi connectivity index (χ4v) is 2.35. The molecule has 1 fully saturated rings. The number of amides is 1. The molecule has 1 aliphatic heterocycles. The van der Waals surface area contributed by atoms with Crippen molar-refractivity contribution in [2.24, 2.45) is 11.1 Å². The van der Waals surface area contributed by atoms with E-state index >= 15 is 0 Å². The number of hydrogen-bond acceptors (Lipinski definition) is 3. The smallest absolute Gasteiger partial charge is 0.239 e. The summed E-state index contributed by atoms with van der Waals surface area (Å²) in [6, 6.07) is -0.300. The molecular weight excluding hydrogens is 238 g/mol. The van der Waals surface area contributed by atoms with Crippen molar-refractivity contribution in [2.45, 2.75) is 53.0 Å². The maximum Gasteiger partial charge on any atom is 0.239 e. The van der Waals surface area contributed by atoms with E-state index in [1.54, 1.807) is 0 Å². The first-order valence-electron chi connectivity index (χ1n) is 7.60. The third-order valence-corrected chi connectivity index (χ3v) is 3.78. The molecule has 1 amide bonds. The van der Waals surface area contributed by atoms with Crippen molar-refractivity contribution in [3.05, 3.63) is 0 Å². The largest absolute Gasteiger partial charge is 0.339 e. The van der Waals surface area contributed by atoms with Gasteiger partial charge < -0.3 is 10.6 Å². The first-order chi connectivity index (χ1) is 8.83. The predicted octanol–water partition coefficient (Wildman–Crippen LogP) is 1.69. The van der Waals surface area contributed by atoms with Crippen LogP contribution in [-0.2, 0) is 4.79 Å². The number of nitrogens with zero attached hydrogens (tertiary/aromatic N) is 2. The van der Waals surface area contributed by atoms with Gasteiger partial charge in [0.05, 0.1) is 6.04 Å². The van der Waals surface area contributed by atoms with Gasteiger partial charge in [-0.1, -0.05) is 34.1 Å². The lowest BCUT2D eigenvalue weighted by atomic mass is 9.92. The Morgan fingerprint density at radius 1 is 1.21 bits per heavy atom. The maximum absolute atomic E-state index is 12.1. The molecule has 1 aliphatic rings. The summed E-state index contributed by atoms with van der Waals surface area (Å²) >= 11 is 0. The van der Waals surface area contributed by atoms with Gasteiger partial charge >= 0.3 is 0 Å². The molecule has 0 radical (unpaired) electrons. The van der Waals surface area contributed by atoms with E-state index in [9.17, 15) is 4.79 Å². The molecule has 112 valence electrons. The lowest BCUT2D eigenvalue weighted by Gasteiger charge is -2.36. The molecule has 1 saturated heterocycles. The van der Waals surface area contributed by atoms with E-state index in [-0.39, 0.29) is 11.9 Å². The number of carbonyl (C=O) groups is 1. The van der Waals surface area contributed by atoms with Crippen molar-refractivity contribution in [3.8, 4) is 0 Å². The molecule has 0 bridgehead atoms. The van der Waals surface area contributed by atoms with Crippen molar-refractivity contribution in [1.82, 2.24) is 9.80 Å². The highest BCUT2D eigenvalue weighted by molar-refractivity contribution is 5.81. The highest BCUT2D eigenvalue weighted by Gasteiger charge is 2.25. The third-order valence-electron chi connectivity index (χ3n) is 3.78. The second kappa shape index (κ2) is 7.25. The van der Waals surface area contributed by atoms with Crippen molar-refractivity contribution in [1.29, 1.82) is 0 Å². The summed E-state index contributed by atoms with van der Waals surface area (Å²) in [6.07, 6.45) is 2.97. The highest BCUT2D eigenvalue weighted by atomic mass is 16.2. The van der Waals surface area contributed by atoms with Crippen molar-refractivity contribution in [3.63, 3.8) is 0 Å². The Morgan fingerprint density at radius 2 is 1.79 bits per heavy atom. The van der Waals surface area contributed by atoms with Crippen LogP contribution < -0.4 is 5.73 Å². The van der Waals surface area contributed by atoms with E-state index in [0.29, 0.717) is 5.41 Å².